The van der Waals surface area contributed by atoms with Gasteiger partial charge in [0.15, 0.2) is 0 Å². The Morgan fingerprint density at radius 3 is 2.74 bits per heavy atom. The topological polar surface area (TPSA) is 45.1 Å². The summed E-state index contributed by atoms with van der Waals surface area (Å²) in [6.45, 7) is 4.98. The molecule has 1 unspecified atom stereocenters. The van der Waals surface area contributed by atoms with Crippen LogP contribution < -0.4 is 5.32 Å². The van der Waals surface area contributed by atoms with Crippen LogP contribution in [0.3, 0.4) is 0 Å². The smallest absolute Gasteiger partial charge is 0.0681 e. The number of rotatable bonds is 5. The maximum atomic E-state index is 9.15. The Kier molecular flexibility index (Phi) is 4.66. The molecular formula is C16H20N2O. The Labute approximate surface area is 114 Å². The third-order valence-electron chi connectivity index (χ3n) is 3.22. The van der Waals surface area contributed by atoms with Gasteiger partial charge in [-0.15, -0.1) is 0 Å². The predicted octanol–water partition coefficient (Wildman–Crippen LogP) is 2.73. The number of aromatic nitrogens is 1. The molecule has 1 atom stereocenters. The lowest BCUT2D eigenvalue weighted by atomic mass is 10.1. The molecule has 0 spiro atoms. The van der Waals surface area contributed by atoms with Gasteiger partial charge in [-0.25, -0.2) is 0 Å². The molecule has 0 aliphatic carbocycles. The van der Waals surface area contributed by atoms with Crippen LogP contribution in [0.25, 0.3) is 0 Å². The van der Waals surface area contributed by atoms with E-state index in [9.17, 15) is 0 Å². The number of hydrogen-bond donors (Lipinski definition) is 2. The Morgan fingerprint density at radius 2 is 2.05 bits per heavy atom. The van der Waals surface area contributed by atoms with E-state index in [1.54, 1.807) is 0 Å². The van der Waals surface area contributed by atoms with Crippen molar-refractivity contribution in [2.45, 2.75) is 33.0 Å². The summed E-state index contributed by atoms with van der Waals surface area (Å²) < 4.78 is 0. The molecule has 100 valence electrons. The lowest BCUT2D eigenvalue weighted by Crippen LogP contribution is -2.18. The lowest BCUT2D eigenvalue weighted by Gasteiger charge is -2.15. The van der Waals surface area contributed by atoms with Gasteiger partial charge in [0.25, 0.3) is 0 Å². The number of hydrogen-bond acceptors (Lipinski definition) is 3. The number of nitrogens with one attached hydrogen (secondary N) is 1. The predicted molar refractivity (Wildman–Crippen MR) is 76.6 cm³/mol. The molecule has 3 heteroatoms. The number of aryl methyl sites for hydroxylation is 1. The minimum absolute atomic E-state index is 0.0858. The first-order valence-electron chi connectivity index (χ1n) is 6.53. The van der Waals surface area contributed by atoms with Crippen LogP contribution in [0.15, 0.2) is 42.6 Å². The van der Waals surface area contributed by atoms with Crippen molar-refractivity contribution in [3.8, 4) is 0 Å². The second-order valence-electron chi connectivity index (χ2n) is 4.81. The summed E-state index contributed by atoms with van der Waals surface area (Å²) in [6.07, 6.45) is 1.90. The van der Waals surface area contributed by atoms with Crippen LogP contribution in [0.5, 0.6) is 0 Å². The zero-order valence-corrected chi connectivity index (χ0v) is 11.4. The van der Waals surface area contributed by atoms with E-state index in [4.69, 9.17) is 5.11 Å². The molecule has 2 aromatic rings. The molecule has 0 saturated heterocycles. The van der Waals surface area contributed by atoms with Gasteiger partial charge in [-0.1, -0.05) is 30.3 Å². The van der Waals surface area contributed by atoms with Crippen LogP contribution >= 0.6 is 0 Å². The number of aliphatic hydroxyl groups is 1. The fourth-order valence-electron chi connectivity index (χ4n) is 1.95. The van der Waals surface area contributed by atoms with Gasteiger partial charge < -0.3 is 10.4 Å². The van der Waals surface area contributed by atoms with Crippen LogP contribution in [0.2, 0.25) is 0 Å². The Balaban J connectivity index is 1.96. The highest BCUT2D eigenvalue weighted by Crippen LogP contribution is 2.15. The zero-order valence-electron chi connectivity index (χ0n) is 11.4. The SMILES string of the molecule is Cc1ccc(CNC(C)c2cccc(CO)c2)cn1. The molecule has 0 aliphatic rings. The molecule has 0 bridgehead atoms. The Morgan fingerprint density at radius 1 is 1.21 bits per heavy atom. The second kappa shape index (κ2) is 6.45. The summed E-state index contributed by atoms with van der Waals surface area (Å²) in [4.78, 5) is 4.28. The van der Waals surface area contributed by atoms with Crippen molar-refractivity contribution in [3.05, 3.63) is 65.0 Å². The van der Waals surface area contributed by atoms with Gasteiger partial charge in [0.05, 0.1) is 6.61 Å². The van der Waals surface area contributed by atoms with Crippen molar-refractivity contribution in [1.82, 2.24) is 10.3 Å². The summed E-state index contributed by atoms with van der Waals surface area (Å²) in [5.41, 5.74) is 4.35. The van der Waals surface area contributed by atoms with Crippen LogP contribution in [0.1, 0.15) is 35.3 Å². The molecule has 1 heterocycles. The molecule has 0 aliphatic heterocycles. The van der Waals surface area contributed by atoms with E-state index in [2.05, 4.69) is 29.4 Å². The highest BCUT2D eigenvalue weighted by Gasteiger charge is 2.05. The Bertz CT molecular complexity index is 523. The number of aliphatic hydroxyl groups excluding tert-OH is 1. The van der Waals surface area contributed by atoms with Crippen LogP contribution in [-0.4, -0.2) is 10.1 Å². The molecule has 0 amide bonds. The maximum absolute atomic E-state index is 9.15. The first-order valence-corrected chi connectivity index (χ1v) is 6.53. The second-order valence-corrected chi connectivity index (χ2v) is 4.81. The van der Waals surface area contributed by atoms with Crippen molar-refractivity contribution in [2.75, 3.05) is 0 Å². The first kappa shape index (κ1) is 13.7. The van der Waals surface area contributed by atoms with Gasteiger partial charge in [0.1, 0.15) is 0 Å². The van der Waals surface area contributed by atoms with Gasteiger partial charge >= 0.3 is 0 Å². The number of nitrogens with zero attached hydrogens (tertiary/aromatic N) is 1. The highest BCUT2D eigenvalue weighted by atomic mass is 16.3. The van der Waals surface area contributed by atoms with Crippen molar-refractivity contribution in [3.63, 3.8) is 0 Å². The average molecular weight is 256 g/mol. The third kappa shape index (κ3) is 3.88. The van der Waals surface area contributed by atoms with Crippen LogP contribution in [0.4, 0.5) is 0 Å². The molecule has 0 radical (unpaired) electrons. The zero-order chi connectivity index (χ0) is 13.7. The van der Waals surface area contributed by atoms with Crippen molar-refractivity contribution in [2.24, 2.45) is 0 Å². The monoisotopic (exact) mass is 256 g/mol. The first-order chi connectivity index (χ1) is 9.19. The number of benzene rings is 1. The van der Waals surface area contributed by atoms with Crippen LogP contribution in [-0.2, 0) is 13.2 Å². The summed E-state index contributed by atoms with van der Waals surface area (Å²) in [6, 6.07) is 12.4. The van der Waals surface area contributed by atoms with Crippen LogP contribution in [0, 0.1) is 6.92 Å². The minimum Gasteiger partial charge on any atom is -0.392 e. The largest absolute Gasteiger partial charge is 0.392 e. The summed E-state index contributed by atoms with van der Waals surface area (Å²) in [5.74, 6) is 0. The molecule has 2 N–H and O–H groups in total. The summed E-state index contributed by atoms with van der Waals surface area (Å²) in [7, 11) is 0. The van der Waals surface area contributed by atoms with Crippen molar-refractivity contribution >= 4 is 0 Å². The van der Waals surface area contributed by atoms with Gasteiger partial charge in [-0.3, -0.25) is 4.98 Å². The van der Waals surface area contributed by atoms with Gasteiger partial charge in [-0.05, 0) is 36.6 Å². The fraction of sp³-hybridized carbons (Fsp3) is 0.312. The highest BCUT2D eigenvalue weighted by molar-refractivity contribution is 5.25. The standard InChI is InChI=1S/C16H20N2O/c1-12-6-7-15(9-17-12)10-18-13(2)16-5-3-4-14(8-16)11-19/h3-9,13,18-19H,10-11H2,1-2H3. The van der Waals surface area contributed by atoms with E-state index in [0.717, 1.165) is 17.8 Å². The van der Waals surface area contributed by atoms with E-state index < -0.39 is 0 Å². The van der Waals surface area contributed by atoms with Gasteiger partial charge in [0, 0.05) is 24.5 Å². The molecule has 3 nitrogen and oxygen atoms in total. The molecule has 19 heavy (non-hydrogen) atoms. The third-order valence-corrected chi connectivity index (χ3v) is 3.22. The molecule has 1 aromatic carbocycles. The average Bonchev–Trinajstić information content (AvgIpc) is 2.46. The molecule has 2 rings (SSSR count). The number of pyridine rings is 1. The van der Waals surface area contributed by atoms with E-state index >= 15 is 0 Å². The fourth-order valence-corrected chi connectivity index (χ4v) is 1.95. The van der Waals surface area contributed by atoms with E-state index in [1.165, 1.54) is 11.1 Å². The summed E-state index contributed by atoms with van der Waals surface area (Å²) in [5, 5.41) is 12.6. The quantitative estimate of drug-likeness (QED) is 0.864. The molecule has 1 aromatic heterocycles. The molecule has 0 fully saturated rings. The van der Waals surface area contributed by atoms with Gasteiger partial charge in [-0.2, -0.15) is 0 Å². The normalized spacial score (nSPS) is 12.4. The van der Waals surface area contributed by atoms with Gasteiger partial charge in [0.2, 0.25) is 0 Å². The maximum Gasteiger partial charge on any atom is 0.0681 e. The molecule has 0 saturated carbocycles. The molecular weight excluding hydrogens is 236 g/mol. The van der Waals surface area contributed by atoms with Crippen molar-refractivity contribution in [1.29, 1.82) is 0 Å². The minimum atomic E-state index is 0.0858. The summed E-state index contributed by atoms with van der Waals surface area (Å²) >= 11 is 0. The van der Waals surface area contributed by atoms with Crippen molar-refractivity contribution < 1.29 is 5.11 Å². The van der Waals surface area contributed by atoms with E-state index in [1.807, 2.05) is 37.4 Å². The van der Waals surface area contributed by atoms with E-state index in [-0.39, 0.29) is 12.6 Å². The lowest BCUT2D eigenvalue weighted by molar-refractivity contribution is 0.281. The van der Waals surface area contributed by atoms with E-state index in [0.29, 0.717) is 0 Å². The Hall–Kier alpha value is -1.71.